The van der Waals surface area contributed by atoms with Crippen LogP contribution in [0.4, 0.5) is 4.39 Å². The molecule has 5 nitrogen and oxygen atoms in total. The van der Waals surface area contributed by atoms with Crippen LogP contribution in [-0.2, 0) is 22.7 Å². The molecule has 25 heavy (non-hydrogen) atoms. The molecule has 0 saturated heterocycles. The van der Waals surface area contributed by atoms with Crippen molar-refractivity contribution in [2.75, 3.05) is 13.7 Å². The molecule has 0 spiro atoms. The van der Waals surface area contributed by atoms with Gasteiger partial charge in [0, 0.05) is 25.6 Å². The first-order valence-electron chi connectivity index (χ1n) is 7.88. The summed E-state index contributed by atoms with van der Waals surface area (Å²) in [6.07, 6.45) is 0. The number of rotatable bonds is 7. The van der Waals surface area contributed by atoms with Crippen molar-refractivity contribution in [2.24, 2.45) is 0 Å². The van der Waals surface area contributed by atoms with Crippen LogP contribution in [0, 0.1) is 5.82 Å². The van der Waals surface area contributed by atoms with Gasteiger partial charge in [-0.05, 0) is 23.8 Å². The number of nitrogens with one attached hydrogen (secondary N) is 1. The smallest absolute Gasteiger partial charge is 0.239 e. The number of hydrogen-bond donors (Lipinski definition) is 1. The molecule has 0 aliphatic heterocycles. The van der Waals surface area contributed by atoms with Crippen LogP contribution < -0.4 is 10.1 Å². The van der Waals surface area contributed by atoms with E-state index in [1.165, 1.54) is 24.0 Å². The monoisotopic (exact) mass is 344 g/mol. The minimum absolute atomic E-state index is 0.0609. The average molecular weight is 344 g/mol. The van der Waals surface area contributed by atoms with E-state index in [1.807, 2.05) is 24.3 Å². The summed E-state index contributed by atoms with van der Waals surface area (Å²) < 4.78 is 18.2. The Labute approximate surface area is 146 Å². The lowest BCUT2D eigenvalue weighted by molar-refractivity contribution is -0.135. The second-order valence-electron chi connectivity index (χ2n) is 5.59. The number of carbonyl (C=O) groups excluding carboxylic acids is 2. The molecule has 0 bridgehead atoms. The van der Waals surface area contributed by atoms with Gasteiger partial charge in [0.25, 0.3) is 0 Å². The molecular formula is C19H21FN2O3. The molecule has 0 saturated carbocycles. The van der Waals surface area contributed by atoms with Crippen molar-refractivity contribution in [3.05, 3.63) is 65.5 Å². The van der Waals surface area contributed by atoms with E-state index in [-0.39, 0.29) is 37.3 Å². The Balaban J connectivity index is 1.95. The molecule has 0 atom stereocenters. The molecule has 1 N–H and O–H groups in total. The first-order valence-corrected chi connectivity index (χ1v) is 7.88. The lowest BCUT2D eigenvalue weighted by Gasteiger charge is -2.21. The van der Waals surface area contributed by atoms with Gasteiger partial charge in [-0.25, -0.2) is 4.39 Å². The van der Waals surface area contributed by atoms with Gasteiger partial charge in [-0.15, -0.1) is 0 Å². The van der Waals surface area contributed by atoms with Crippen LogP contribution >= 0.6 is 0 Å². The zero-order valence-electron chi connectivity index (χ0n) is 14.3. The van der Waals surface area contributed by atoms with Crippen LogP contribution in [0.1, 0.15) is 18.1 Å². The second kappa shape index (κ2) is 8.82. The number of para-hydroxylation sites is 1. The van der Waals surface area contributed by atoms with Crippen molar-refractivity contribution in [1.29, 1.82) is 0 Å². The van der Waals surface area contributed by atoms with Crippen LogP contribution in [0.5, 0.6) is 5.75 Å². The Morgan fingerprint density at radius 1 is 1.12 bits per heavy atom. The third-order valence-corrected chi connectivity index (χ3v) is 3.74. The van der Waals surface area contributed by atoms with Gasteiger partial charge in [-0.3, -0.25) is 9.59 Å². The highest BCUT2D eigenvalue weighted by Gasteiger charge is 2.16. The molecule has 132 valence electrons. The lowest BCUT2D eigenvalue weighted by Crippen LogP contribution is -2.39. The molecule has 0 aliphatic carbocycles. The minimum Gasteiger partial charge on any atom is -0.496 e. The first kappa shape index (κ1) is 18.4. The summed E-state index contributed by atoms with van der Waals surface area (Å²) in [5.74, 6) is -0.146. The summed E-state index contributed by atoms with van der Waals surface area (Å²) in [6, 6.07) is 13.2. The predicted octanol–water partition coefficient (Wildman–Crippen LogP) is 2.50. The average Bonchev–Trinajstić information content (AvgIpc) is 2.61. The van der Waals surface area contributed by atoms with Crippen molar-refractivity contribution in [2.45, 2.75) is 20.0 Å². The van der Waals surface area contributed by atoms with Crippen LogP contribution in [0.15, 0.2) is 48.5 Å². The van der Waals surface area contributed by atoms with Gasteiger partial charge in [0.2, 0.25) is 11.8 Å². The zero-order valence-corrected chi connectivity index (χ0v) is 14.3. The summed E-state index contributed by atoms with van der Waals surface area (Å²) in [6.45, 7) is 1.92. The highest BCUT2D eigenvalue weighted by molar-refractivity contribution is 5.83. The maximum Gasteiger partial charge on any atom is 0.239 e. The number of carbonyl (C=O) groups is 2. The van der Waals surface area contributed by atoms with E-state index in [9.17, 15) is 14.0 Å². The maximum absolute atomic E-state index is 12.9. The third-order valence-electron chi connectivity index (χ3n) is 3.74. The quantitative estimate of drug-likeness (QED) is 0.840. The number of benzene rings is 2. The second-order valence-corrected chi connectivity index (χ2v) is 5.59. The van der Waals surface area contributed by atoms with E-state index in [2.05, 4.69) is 5.32 Å². The van der Waals surface area contributed by atoms with Crippen molar-refractivity contribution in [1.82, 2.24) is 10.2 Å². The van der Waals surface area contributed by atoms with E-state index >= 15 is 0 Å². The Morgan fingerprint density at radius 2 is 1.80 bits per heavy atom. The molecule has 0 fully saturated rings. The topological polar surface area (TPSA) is 58.6 Å². The standard InChI is InChI=1S/C19H21FN2O3/c1-14(23)22(12-16-5-3-4-6-18(16)25-2)13-19(24)21-11-15-7-9-17(20)10-8-15/h3-10H,11-13H2,1-2H3,(H,21,24). The molecular weight excluding hydrogens is 323 g/mol. The minimum atomic E-state index is -0.324. The van der Waals surface area contributed by atoms with Crippen LogP contribution in [0.25, 0.3) is 0 Å². The number of methoxy groups -OCH3 is 1. The van der Waals surface area contributed by atoms with E-state index in [0.29, 0.717) is 5.75 Å². The molecule has 0 radical (unpaired) electrons. The fourth-order valence-electron chi connectivity index (χ4n) is 2.35. The highest BCUT2D eigenvalue weighted by Crippen LogP contribution is 2.19. The first-order chi connectivity index (χ1) is 12.0. The van der Waals surface area contributed by atoms with Crippen molar-refractivity contribution in [3.63, 3.8) is 0 Å². The van der Waals surface area contributed by atoms with E-state index in [0.717, 1.165) is 11.1 Å². The molecule has 0 heterocycles. The van der Waals surface area contributed by atoms with E-state index in [4.69, 9.17) is 4.74 Å². The van der Waals surface area contributed by atoms with Crippen molar-refractivity contribution < 1.29 is 18.7 Å². The SMILES string of the molecule is COc1ccccc1CN(CC(=O)NCc1ccc(F)cc1)C(C)=O. The Bertz CT molecular complexity index is 732. The predicted molar refractivity (Wildman–Crippen MR) is 92.3 cm³/mol. The molecule has 2 aromatic rings. The van der Waals surface area contributed by atoms with Gasteiger partial charge >= 0.3 is 0 Å². The van der Waals surface area contributed by atoms with Crippen LogP contribution in [-0.4, -0.2) is 30.4 Å². The van der Waals surface area contributed by atoms with Gasteiger partial charge in [0.1, 0.15) is 11.6 Å². The van der Waals surface area contributed by atoms with Crippen molar-refractivity contribution >= 4 is 11.8 Å². The van der Waals surface area contributed by atoms with E-state index in [1.54, 1.807) is 19.2 Å². The fourth-order valence-corrected chi connectivity index (χ4v) is 2.35. The summed E-state index contributed by atoms with van der Waals surface area (Å²) >= 11 is 0. The maximum atomic E-state index is 12.9. The van der Waals surface area contributed by atoms with Gasteiger partial charge < -0.3 is 15.0 Å². The van der Waals surface area contributed by atoms with Gasteiger partial charge in [-0.2, -0.15) is 0 Å². The molecule has 2 rings (SSSR count). The molecule has 0 unspecified atom stereocenters. The zero-order chi connectivity index (χ0) is 18.2. The van der Waals surface area contributed by atoms with E-state index < -0.39 is 0 Å². The van der Waals surface area contributed by atoms with Gasteiger partial charge in [-0.1, -0.05) is 30.3 Å². The van der Waals surface area contributed by atoms with Crippen molar-refractivity contribution in [3.8, 4) is 5.75 Å². The number of hydrogen-bond acceptors (Lipinski definition) is 3. The number of ether oxygens (including phenoxy) is 1. The summed E-state index contributed by atoms with van der Waals surface area (Å²) in [4.78, 5) is 25.4. The molecule has 2 amide bonds. The third kappa shape index (κ3) is 5.60. The largest absolute Gasteiger partial charge is 0.496 e. The van der Waals surface area contributed by atoms with Crippen LogP contribution in [0.2, 0.25) is 0 Å². The number of amides is 2. The summed E-state index contributed by atoms with van der Waals surface area (Å²) in [5.41, 5.74) is 1.61. The molecule has 0 aromatic heterocycles. The number of halogens is 1. The Hall–Kier alpha value is -2.89. The molecule has 0 aliphatic rings. The lowest BCUT2D eigenvalue weighted by atomic mass is 10.2. The highest BCUT2D eigenvalue weighted by atomic mass is 19.1. The summed E-state index contributed by atoms with van der Waals surface area (Å²) in [7, 11) is 1.56. The summed E-state index contributed by atoms with van der Waals surface area (Å²) in [5, 5.41) is 2.73. The molecule has 2 aromatic carbocycles. The fraction of sp³-hybridized carbons (Fsp3) is 0.263. The van der Waals surface area contributed by atoms with Gasteiger partial charge in [0.05, 0.1) is 13.7 Å². The van der Waals surface area contributed by atoms with Crippen LogP contribution in [0.3, 0.4) is 0 Å². The van der Waals surface area contributed by atoms with Gasteiger partial charge in [0.15, 0.2) is 0 Å². The normalized spacial score (nSPS) is 10.2. The number of nitrogens with zero attached hydrogens (tertiary/aromatic N) is 1. The molecule has 6 heteroatoms. The Kier molecular flexibility index (Phi) is 6.51. The Morgan fingerprint density at radius 3 is 2.44 bits per heavy atom.